The third kappa shape index (κ3) is 12.4. The van der Waals surface area contributed by atoms with E-state index in [1.54, 1.807) is 0 Å². The topological polar surface area (TPSA) is 6.48 Å². The molecule has 0 unspecified atom stereocenters. The molecule has 0 amide bonds. The van der Waals surface area contributed by atoms with Crippen molar-refractivity contribution in [3.8, 4) is 55.6 Å². The Morgan fingerprint density at radius 3 is 0.840 bits per heavy atom. The van der Waals surface area contributed by atoms with Gasteiger partial charge in [0.25, 0.3) is 0 Å². The minimum atomic E-state index is -0.0750. The van der Waals surface area contributed by atoms with E-state index in [9.17, 15) is 0 Å². The summed E-state index contributed by atoms with van der Waals surface area (Å²) in [6, 6.07) is 90.8. The van der Waals surface area contributed by atoms with Crippen LogP contribution in [-0.4, -0.2) is 0 Å². The molecule has 0 atom stereocenters. The third-order valence-corrected chi connectivity index (χ3v) is 17.2. The number of benzene rings is 10. The van der Waals surface area contributed by atoms with Crippen LogP contribution in [0.2, 0.25) is 0 Å². The Labute approximate surface area is 484 Å². The summed E-state index contributed by atoms with van der Waals surface area (Å²) < 4.78 is 0. The zero-order valence-electron chi connectivity index (χ0n) is 48.4. The SMILES string of the molecule is CCCCCCCCC1(CCCCCCCC)c2cc(-c3ccc(N(c4ccc(C)cc4)c4ccc(-c5ccccc5)cc4)cc3)ccc2-c2ccc(-c3ccc(N(c4ccc(C)cc4)c4ccc(-c5ccccc5)cc4)cc3)cc21. The number of aryl methyl sites for hydroxylation is 2. The number of hydrogen-bond donors (Lipinski definition) is 0. The average molecular weight is 1060 g/mol. The van der Waals surface area contributed by atoms with Crippen LogP contribution in [0.25, 0.3) is 55.6 Å². The summed E-state index contributed by atoms with van der Waals surface area (Å²) in [6.45, 7) is 8.98. The second-order valence-corrected chi connectivity index (χ2v) is 22.9. The molecule has 0 saturated carbocycles. The molecule has 11 rings (SSSR count). The smallest absolute Gasteiger partial charge is 0.0462 e. The molecular formula is C79H80N2. The molecule has 2 heteroatoms. The summed E-state index contributed by atoms with van der Waals surface area (Å²) in [5.41, 5.74) is 25.2. The number of fused-ring (bicyclic) bond motifs is 3. The first-order valence-electron chi connectivity index (χ1n) is 30.4. The lowest BCUT2D eigenvalue weighted by Gasteiger charge is -2.33. The normalized spacial score (nSPS) is 12.2. The fourth-order valence-corrected chi connectivity index (χ4v) is 12.7. The molecule has 0 radical (unpaired) electrons. The minimum absolute atomic E-state index is 0.0750. The van der Waals surface area contributed by atoms with Gasteiger partial charge in [-0.05, 0) is 178 Å². The van der Waals surface area contributed by atoms with Crippen molar-refractivity contribution in [3.63, 3.8) is 0 Å². The Morgan fingerprint density at radius 2 is 0.519 bits per heavy atom. The van der Waals surface area contributed by atoms with Crippen LogP contribution in [0.4, 0.5) is 34.1 Å². The molecular weight excluding hydrogens is 977 g/mol. The Hall–Kier alpha value is -8.20. The first-order chi connectivity index (χ1) is 39.9. The molecule has 2 nitrogen and oxygen atoms in total. The zero-order chi connectivity index (χ0) is 55.4. The average Bonchev–Trinajstić information content (AvgIpc) is 3.43. The lowest BCUT2D eigenvalue weighted by Crippen LogP contribution is -2.25. The van der Waals surface area contributed by atoms with E-state index in [0.717, 1.165) is 34.1 Å². The van der Waals surface area contributed by atoms with Gasteiger partial charge in [0, 0.05) is 39.5 Å². The molecule has 0 aromatic heterocycles. The first-order valence-corrected chi connectivity index (χ1v) is 30.4. The van der Waals surface area contributed by atoms with Crippen molar-refractivity contribution in [2.75, 3.05) is 9.80 Å². The highest BCUT2D eigenvalue weighted by Gasteiger charge is 2.42. The Balaban J connectivity index is 0.942. The number of hydrogen-bond acceptors (Lipinski definition) is 2. The molecule has 0 fully saturated rings. The highest BCUT2D eigenvalue weighted by molar-refractivity contribution is 5.88. The molecule has 1 aliphatic rings. The zero-order valence-corrected chi connectivity index (χ0v) is 48.4. The van der Waals surface area contributed by atoms with Crippen molar-refractivity contribution in [1.82, 2.24) is 0 Å². The van der Waals surface area contributed by atoms with Gasteiger partial charge in [0.15, 0.2) is 0 Å². The summed E-state index contributed by atoms with van der Waals surface area (Å²) in [6.07, 6.45) is 17.8. The van der Waals surface area contributed by atoms with Crippen LogP contribution in [0, 0.1) is 13.8 Å². The van der Waals surface area contributed by atoms with Gasteiger partial charge in [-0.25, -0.2) is 0 Å². The molecule has 0 bridgehead atoms. The van der Waals surface area contributed by atoms with Gasteiger partial charge in [0.05, 0.1) is 0 Å². The summed E-state index contributed by atoms with van der Waals surface area (Å²) in [5, 5.41) is 0. The Morgan fingerprint density at radius 1 is 0.259 bits per heavy atom. The number of anilines is 6. The van der Waals surface area contributed by atoms with Gasteiger partial charge in [-0.2, -0.15) is 0 Å². The van der Waals surface area contributed by atoms with E-state index >= 15 is 0 Å². The lowest BCUT2D eigenvalue weighted by molar-refractivity contribution is 0.398. The molecule has 81 heavy (non-hydrogen) atoms. The molecule has 1 aliphatic carbocycles. The molecule has 0 spiro atoms. The van der Waals surface area contributed by atoms with E-state index in [4.69, 9.17) is 0 Å². The van der Waals surface area contributed by atoms with E-state index < -0.39 is 0 Å². The van der Waals surface area contributed by atoms with E-state index in [-0.39, 0.29) is 5.41 Å². The maximum absolute atomic E-state index is 2.61. The van der Waals surface area contributed by atoms with E-state index in [1.165, 1.54) is 168 Å². The molecule has 0 saturated heterocycles. The molecule has 0 aliphatic heterocycles. The van der Waals surface area contributed by atoms with E-state index in [2.05, 4.69) is 280 Å². The van der Waals surface area contributed by atoms with Crippen LogP contribution in [0.5, 0.6) is 0 Å². The lowest BCUT2D eigenvalue weighted by atomic mass is 9.70. The van der Waals surface area contributed by atoms with Crippen molar-refractivity contribution in [1.29, 1.82) is 0 Å². The van der Waals surface area contributed by atoms with Crippen LogP contribution in [-0.2, 0) is 5.41 Å². The van der Waals surface area contributed by atoms with Crippen LogP contribution < -0.4 is 9.80 Å². The van der Waals surface area contributed by atoms with Crippen molar-refractivity contribution >= 4 is 34.1 Å². The first kappa shape index (κ1) is 54.7. The standard InChI is InChI=1S/C79H80N2/c1-5-7-9-11-13-21-55-79(56-22-14-12-10-8-6-2)77-57-67(65-35-49-73(50-36-65)80(69-41-27-59(3)28-42-69)71-45-31-63(32-46-71)61-23-17-15-18-24-61)39-53-75(77)76-54-40-68(58-78(76)79)66-37-51-74(52-38-66)81(70-43-29-60(4)30-44-70)72-47-33-64(34-48-72)62-25-19-16-20-26-62/h15-20,23-54,57-58H,5-14,21-22,55-56H2,1-4H3. The van der Waals surface area contributed by atoms with E-state index in [0.29, 0.717) is 0 Å². The Bertz CT molecular complexity index is 3340. The second kappa shape index (κ2) is 25.9. The largest absolute Gasteiger partial charge is 0.311 e. The van der Waals surface area contributed by atoms with Gasteiger partial charge in [0.2, 0.25) is 0 Å². The molecule has 406 valence electrons. The number of unbranched alkanes of at least 4 members (excludes halogenated alkanes) is 10. The van der Waals surface area contributed by atoms with Gasteiger partial charge in [-0.15, -0.1) is 0 Å². The fraction of sp³-hybridized carbons (Fsp3) is 0.241. The second-order valence-electron chi connectivity index (χ2n) is 22.9. The van der Waals surface area contributed by atoms with Gasteiger partial charge in [0.1, 0.15) is 0 Å². The maximum atomic E-state index is 2.61. The summed E-state index contributed by atoms with van der Waals surface area (Å²) in [5.74, 6) is 0. The van der Waals surface area contributed by atoms with Crippen LogP contribution >= 0.6 is 0 Å². The predicted molar refractivity (Wildman–Crippen MR) is 349 cm³/mol. The van der Waals surface area contributed by atoms with Gasteiger partial charge in [-0.3, -0.25) is 0 Å². The maximum Gasteiger partial charge on any atom is 0.0462 e. The van der Waals surface area contributed by atoms with Crippen molar-refractivity contribution in [2.45, 2.75) is 123 Å². The quantitative estimate of drug-likeness (QED) is 0.0557. The summed E-state index contributed by atoms with van der Waals surface area (Å²) in [4.78, 5) is 4.78. The fourth-order valence-electron chi connectivity index (χ4n) is 12.7. The number of nitrogens with zero attached hydrogens (tertiary/aromatic N) is 2. The van der Waals surface area contributed by atoms with Crippen molar-refractivity contribution in [2.24, 2.45) is 0 Å². The number of rotatable bonds is 24. The predicted octanol–water partition coefficient (Wildman–Crippen LogP) is 23.7. The summed E-state index contributed by atoms with van der Waals surface area (Å²) in [7, 11) is 0. The van der Waals surface area contributed by atoms with E-state index in [1.807, 2.05) is 0 Å². The van der Waals surface area contributed by atoms with Gasteiger partial charge in [-0.1, -0.05) is 260 Å². The molecule has 0 heterocycles. The highest BCUT2D eigenvalue weighted by Crippen LogP contribution is 2.56. The van der Waals surface area contributed by atoms with Crippen LogP contribution in [0.1, 0.15) is 126 Å². The van der Waals surface area contributed by atoms with Crippen LogP contribution in [0.3, 0.4) is 0 Å². The van der Waals surface area contributed by atoms with Crippen LogP contribution in [0.15, 0.2) is 243 Å². The minimum Gasteiger partial charge on any atom is -0.311 e. The summed E-state index contributed by atoms with van der Waals surface area (Å²) >= 11 is 0. The molecule has 10 aromatic rings. The Kier molecular flexibility index (Phi) is 17.5. The van der Waals surface area contributed by atoms with Crippen molar-refractivity contribution in [3.05, 3.63) is 265 Å². The molecule has 0 N–H and O–H groups in total. The van der Waals surface area contributed by atoms with Gasteiger partial charge < -0.3 is 9.80 Å². The third-order valence-electron chi connectivity index (χ3n) is 17.2. The monoisotopic (exact) mass is 1060 g/mol. The highest BCUT2D eigenvalue weighted by atomic mass is 15.1. The van der Waals surface area contributed by atoms with Gasteiger partial charge >= 0.3 is 0 Å². The molecule has 10 aromatic carbocycles. The van der Waals surface area contributed by atoms with Crippen molar-refractivity contribution < 1.29 is 0 Å².